The van der Waals surface area contributed by atoms with E-state index in [0.29, 0.717) is 45.6 Å². The van der Waals surface area contributed by atoms with Gasteiger partial charge in [0.15, 0.2) is 0 Å². The minimum Gasteiger partial charge on any atom is -0.370 e. The smallest absolute Gasteiger partial charge is 0.259 e. The summed E-state index contributed by atoms with van der Waals surface area (Å²) in [5.74, 6) is 1.31. The first-order chi connectivity index (χ1) is 20.4. The van der Waals surface area contributed by atoms with Crippen molar-refractivity contribution in [3.05, 3.63) is 71.0 Å². The van der Waals surface area contributed by atoms with Gasteiger partial charge in [-0.2, -0.15) is 0 Å². The van der Waals surface area contributed by atoms with Gasteiger partial charge in [0.25, 0.3) is 5.56 Å². The Bertz CT molecular complexity index is 1650. The third kappa shape index (κ3) is 5.86. The average molecular weight is 569 g/mol. The van der Waals surface area contributed by atoms with Crippen LogP contribution in [0.25, 0.3) is 22.2 Å². The first-order valence-corrected chi connectivity index (χ1v) is 15.0. The van der Waals surface area contributed by atoms with E-state index in [0.717, 1.165) is 50.9 Å². The number of aromatic amines is 1. The van der Waals surface area contributed by atoms with Gasteiger partial charge in [0.1, 0.15) is 11.6 Å². The number of hydrogen-bond acceptors (Lipinski definition) is 6. The van der Waals surface area contributed by atoms with E-state index < -0.39 is 5.82 Å². The summed E-state index contributed by atoms with van der Waals surface area (Å²) in [7, 11) is 0. The van der Waals surface area contributed by atoms with Gasteiger partial charge in [-0.3, -0.25) is 9.59 Å². The molecule has 3 aromatic heterocycles. The second kappa shape index (κ2) is 11.9. The van der Waals surface area contributed by atoms with Crippen LogP contribution in [0.1, 0.15) is 52.4 Å². The van der Waals surface area contributed by atoms with E-state index >= 15 is 4.39 Å². The molecule has 3 N–H and O–H groups in total. The second-order valence-corrected chi connectivity index (χ2v) is 11.9. The number of nitrogens with zero attached hydrogens (tertiary/aromatic N) is 3. The molecular formula is C33H37FN6O2. The van der Waals surface area contributed by atoms with Crippen LogP contribution in [-0.4, -0.2) is 33.9 Å². The third-order valence-electron chi connectivity index (χ3n) is 8.76. The number of H-pyrrole nitrogens is 1. The number of pyridine rings is 3. The Kier molecular flexibility index (Phi) is 7.91. The lowest BCUT2D eigenvalue weighted by Gasteiger charge is -2.21. The predicted octanol–water partition coefficient (Wildman–Crippen LogP) is 6.87. The SMILES string of the molecule is CC(C)C1CCN(c2ccc(Nc3cc(-c4ccc(NC(=O)C5CCCCC5)cc4F)nc4cc[nH]c(=O)c34)nc2)C1. The van der Waals surface area contributed by atoms with Crippen LogP contribution in [0.5, 0.6) is 0 Å². The number of nitrogens with one attached hydrogen (secondary N) is 3. The zero-order chi connectivity index (χ0) is 29.2. The lowest BCUT2D eigenvalue weighted by molar-refractivity contribution is -0.120. The number of rotatable bonds is 7. The Morgan fingerprint density at radius 3 is 2.62 bits per heavy atom. The second-order valence-electron chi connectivity index (χ2n) is 11.9. The van der Waals surface area contributed by atoms with Gasteiger partial charge >= 0.3 is 0 Å². The molecule has 1 aliphatic carbocycles. The average Bonchev–Trinajstić information content (AvgIpc) is 3.49. The van der Waals surface area contributed by atoms with Gasteiger partial charge in [-0.15, -0.1) is 0 Å². The van der Waals surface area contributed by atoms with Crippen molar-refractivity contribution >= 4 is 39.7 Å². The van der Waals surface area contributed by atoms with Crippen molar-refractivity contribution < 1.29 is 9.18 Å². The van der Waals surface area contributed by atoms with Gasteiger partial charge in [-0.25, -0.2) is 14.4 Å². The molecule has 0 spiro atoms. The quantitative estimate of drug-likeness (QED) is 0.225. The number of halogens is 1. The van der Waals surface area contributed by atoms with Crippen LogP contribution in [0.2, 0.25) is 0 Å². The molecule has 2 aliphatic rings. The van der Waals surface area contributed by atoms with Crippen molar-refractivity contribution in [1.82, 2.24) is 15.0 Å². The maximum atomic E-state index is 15.4. The van der Waals surface area contributed by atoms with E-state index in [1.165, 1.54) is 18.7 Å². The first kappa shape index (κ1) is 27.9. The number of anilines is 4. The number of carbonyl (C=O) groups excluding carboxylic acids is 1. The lowest BCUT2D eigenvalue weighted by atomic mass is 9.88. The Balaban J connectivity index is 1.26. The van der Waals surface area contributed by atoms with Gasteiger partial charge in [-0.1, -0.05) is 33.1 Å². The zero-order valence-corrected chi connectivity index (χ0v) is 24.1. The number of carbonyl (C=O) groups is 1. The van der Waals surface area contributed by atoms with E-state index in [4.69, 9.17) is 0 Å². The molecule has 1 aliphatic heterocycles. The first-order valence-electron chi connectivity index (χ1n) is 15.0. The number of aromatic nitrogens is 3. The predicted molar refractivity (Wildman–Crippen MR) is 166 cm³/mol. The summed E-state index contributed by atoms with van der Waals surface area (Å²) < 4.78 is 15.4. The highest BCUT2D eigenvalue weighted by Gasteiger charge is 2.25. The Hall–Kier alpha value is -4.27. The van der Waals surface area contributed by atoms with Crippen LogP contribution >= 0.6 is 0 Å². The summed E-state index contributed by atoms with van der Waals surface area (Å²) in [5.41, 5.74) is 2.74. The van der Waals surface area contributed by atoms with Crippen LogP contribution in [0.4, 0.5) is 27.3 Å². The molecule has 4 aromatic rings. The van der Waals surface area contributed by atoms with Crippen LogP contribution in [0, 0.1) is 23.6 Å². The molecular weight excluding hydrogens is 531 g/mol. The van der Waals surface area contributed by atoms with Crippen molar-refractivity contribution in [2.45, 2.75) is 52.4 Å². The fraction of sp³-hybridized carbons (Fsp3) is 0.394. The van der Waals surface area contributed by atoms with E-state index in [1.807, 2.05) is 18.3 Å². The molecule has 1 saturated heterocycles. The Morgan fingerprint density at radius 2 is 1.90 bits per heavy atom. The minimum absolute atomic E-state index is 0.0228. The van der Waals surface area contributed by atoms with Gasteiger partial charge < -0.3 is 20.5 Å². The molecule has 8 nitrogen and oxygen atoms in total. The number of hydrogen-bond donors (Lipinski definition) is 3. The minimum atomic E-state index is -0.508. The summed E-state index contributed by atoms with van der Waals surface area (Å²) in [6.07, 6.45) is 9.56. The van der Waals surface area contributed by atoms with Crippen molar-refractivity contribution in [3.63, 3.8) is 0 Å². The highest BCUT2D eigenvalue weighted by molar-refractivity contribution is 5.95. The van der Waals surface area contributed by atoms with Crippen LogP contribution < -0.4 is 21.1 Å². The molecule has 0 radical (unpaired) electrons. The molecule has 2 fully saturated rings. The van der Waals surface area contributed by atoms with E-state index in [1.54, 1.807) is 24.3 Å². The maximum absolute atomic E-state index is 15.4. The number of fused-ring (bicyclic) bond motifs is 1. The molecule has 218 valence electrons. The Labute approximate surface area is 244 Å². The highest BCUT2D eigenvalue weighted by atomic mass is 19.1. The summed E-state index contributed by atoms with van der Waals surface area (Å²) in [4.78, 5) is 39.8. The van der Waals surface area contributed by atoms with E-state index in [2.05, 4.69) is 44.3 Å². The van der Waals surface area contributed by atoms with E-state index in [9.17, 15) is 9.59 Å². The molecule has 1 atom stereocenters. The number of amides is 1. The zero-order valence-electron chi connectivity index (χ0n) is 24.1. The van der Waals surface area contributed by atoms with Crippen LogP contribution in [-0.2, 0) is 4.79 Å². The molecule has 1 amide bonds. The molecule has 1 unspecified atom stereocenters. The topological polar surface area (TPSA) is 103 Å². The molecule has 6 rings (SSSR count). The van der Waals surface area contributed by atoms with Gasteiger partial charge in [-0.05, 0) is 73.6 Å². The summed E-state index contributed by atoms with van der Waals surface area (Å²) >= 11 is 0. The third-order valence-corrected chi connectivity index (χ3v) is 8.76. The molecule has 9 heteroatoms. The van der Waals surface area contributed by atoms with Crippen LogP contribution in [0.3, 0.4) is 0 Å². The summed E-state index contributed by atoms with van der Waals surface area (Å²) in [5, 5.41) is 6.51. The highest BCUT2D eigenvalue weighted by Crippen LogP contribution is 2.33. The van der Waals surface area contributed by atoms with E-state index in [-0.39, 0.29) is 22.9 Å². The largest absolute Gasteiger partial charge is 0.370 e. The molecule has 4 heterocycles. The summed E-state index contributed by atoms with van der Waals surface area (Å²) in [6, 6.07) is 11.9. The lowest BCUT2D eigenvalue weighted by Crippen LogP contribution is -2.24. The van der Waals surface area contributed by atoms with Gasteiger partial charge in [0, 0.05) is 36.5 Å². The normalized spacial score (nSPS) is 17.6. The van der Waals surface area contributed by atoms with Crippen molar-refractivity contribution in [3.8, 4) is 11.3 Å². The van der Waals surface area contributed by atoms with Crippen molar-refractivity contribution in [2.75, 3.05) is 28.6 Å². The summed E-state index contributed by atoms with van der Waals surface area (Å²) in [6.45, 7) is 6.57. The monoisotopic (exact) mass is 568 g/mol. The van der Waals surface area contributed by atoms with Crippen molar-refractivity contribution in [2.24, 2.45) is 17.8 Å². The van der Waals surface area contributed by atoms with Gasteiger partial charge in [0.2, 0.25) is 5.91 Å². The molecule has 42 heavy (non-hydrogen) atoms. The maximum Gasteiger partial charge on any atom is 0.259 e. The fourth-order valence-electron chi connectivity index (χ4n) is 6.19. The molecule has 1 saturated carbocycles. The van der Waals surface area contributed by atoms with Crippen LogP contribution in [0.15, 0.2) is 59.7 Å². The fourth-order valence-corrected chi connectivity index (χ4v) is 6.19. The standard InChI is InChI=1S/C33H37FN6O2/c1-20(2)22-13-15-40(19-22)24-9-11-30(36-18-24)39-29-17-28(38-27-12-14-35-33(42)31(27)29)25-10-8-23(16-26(25)34)37-32(41)21-6-4-3-5-7-21/h8-12,14,16-18,20-22H,3-7,13,15,19H2,1-2H3,(H,35,42)(H,37,41)(H,36,38,39). The Morgan fingerprint density at radius 1 is 1.07 bits per heavy atom. The molecule has 1 aromatic carbocycles. The van der Waals surface area contributed by atoms with Gasteiger partial charge in [0.05, 0.1) is 34.2 Å². The van der Waals surface area contributed by atoms with Crippen molar-refractivity contribution in [1.29, 1.82) is 0 Å². The molecule has 0 bridgehead atoms. The number of benzene rings is 1.